The van der Waals surface area contributed by atoms with Crippen LogP contribution in [-0.2, 0) is 9.84 Å². The zero-order valence-corrected chi connectivity index (χ0v) is 16.7. The molecule has 2 aromatic rings. The molecule has 2 saturated heterocycles. The molecule has 0 spiro atoms. The van der Waals surface area contributed by atoms with Gasteiger partial charge in [-0.3, -0.25) is 4.90 Å². The molecule has 0 N–H and O–H groups in total. The summed E-state index contributed by atoms with van der Waals surface area (Å²) in [6, 6.07) is 12.2. The molecule has 144 valence electrons. The average molecular weight is 388 g/mol. The highest BCUT2D eigenvalue weighted by molar-refractivity contribution is 7.90. The molecule has 1 aromatic carbocycles. The molecule has 1 aromatic heterocycles. The molecular weight excluding hydrogens is 362 g/mol. The van der Waals surface area contributed by atoms with Crippen molar-refractivity contribution >= 4 is 15.7 Å². The smallest absolute Gasteiger partial charge is 0.177 e. The van der Waals surface area contributed by atoms with Crippen LogP contribution in [0, 0.1) is 11.8 Å². The second-order valence-electron chi connectivity index (χ2n) is 7.61. The van der Waals surface area contributed by atoms with Gasteiger partial charge in [-0.2, -0.15) is 0 Å². The van der Waals surface area contributed by atoms with Crippen molar-refractivity contribution in [2.24, 2.45) is 11.8 Å². The molecule has 0 saturated carbocycles. The van der Waals surface area contributed by atoms with Crippen LogP contribution in [0.5, 0.6) is 5.75 Å². The number of fused-ring (bicyclic) bond motifs is 1. The summed E-state index contributed by atoms with van der Waals surface area (Å²) in [5.41, 5.74) is 1.31. The highest BCUT2D eigenvalue weighted by Gasteiger charge is 2.46. The monoisotopic (exact) mass is 387 g/mol. The lowest BCUT2D eigenvalue weighted by Gasteiger charge is -2.27. The van der Waals surface area contributed by atoms with Gasteiger partial charge in [-0.05, 0) is 42.8 Å². The Labute approximate surface area is 160 Å². The van der Waals surface area contributed by atoms with Crippen molar-refractivity contribution < 1.29 is 13.2 Å². The minimum atomic E-state index is -3.21. The Bertz CT molecular complexity index is 912. The molecule has 2 fully saturated rings. The first-order chi connectivity index (χ1) is 12.9. The molecular formula is C20H25N3O3S. The zero-order chi connectivity index (χ0) is 19.2. The van der Waals surface area contributed by atoms with Gasteiger partial charge in [0.05, 0.1) is 12.0 Å². The van der Waals surface area contributed by atoms with E-state index in [0.717, 1.165) is 31.2 Å². The summed E-state index contributed by atoms with van der Waals surface area (Å²) >= 11 is 0. The van der Waals surface area contributed by atoms with Crippen molar-refractivity contribution in [2.75, 3.05) is 44.9 Å². The number of pyridine rings is 1. The van der Waals surface area contributed by atoms with Crippen molar-refractivity contribution in [3.63, 3.8) is 0 Å². The highest BCUT2D eigenvalue weighted by atomic mass is 32.2. The van der Waals surface area contributed by atoms with Crippen LogP contribution < -0.4 is 9.64 Å². The molecule has 0 bridgehead atoms. The van der Waals surface area contributed by atoms with E-state index >= 15 is 0 Å². The zero-order valence-electron chi connectivity index (χ0n) is 15.9. The fourth-order valence-electron chi connectivity index (χ4n) is 4.53. The molecule has 7 heteroatoms. The normalized spacial score (nSPS) is 25.6. The van der Waals surface area contributed by atoms with Gasteiger partial charge < -0.3 is 9.64 Å². The summed E-state index contributed by atoms with van der Waals surface area (Å²) in [5, 5.41) is 0. The number of ether oxygens (including phenoxy) is 1. The number of hydrogen-bond acceptors (Lipinski definition) is 6. The van der Waals surface area contributed by atoms with Crippen LogP contribution in [0.15, 0.2) is 47.5 Å². The van der Waals surface area contributed by atoms with Gasteiger partial charge in [0.1, 0.15) is 11.6 Å². The number of benzene rings is 1. The van der Waals surface area contributed by atoms with Crippen LogP contribution in [0.4, 0.5) is 5.82 Å². The lowest BCUT2D eigenvalue weighted by atomic mass is 9.89. The fourth-order valence-corrected chi connectivity index (χ4v) is 5.09. The number of anilines is 1. The van der Waals surface area contributed by atoms with Crippen molar-refractivity contribution in [3.05, 3.63) is 48.2 Å². The van der Waals surface area contributed by atoms with Crippen LogP contribution in [0.1, 0.15) is 11.6 Å². The van der Waals surface area contributed by atoms with Gasteiger partial charge in [0, 0.05) is 44.0 Å². The van der Waals surface area contributed by atoms with Gasteiger partial charge in [-0.1, -0.05) is 12.1 Å². The summed E-state index contributed by atoms with van der Waals surface area (Å²) in [4.78, 5) is 9.40. The predicted molar refractivity (Wildman–Crippen MR) is 105 cm³/mol. The second-order valence-corrected chi connectivity index (χ2v) is 9.63. The van der Waals surface area contributed by atoms with E-state index in [4.69, 9.17) is 4.74 Å². The molecule has 2 aliphatic rings. The van der Waals surface area contributed by atoms with E-state index in [1.807, 2.05) is 18.2 Å². The molecule has 2 aliphatic heterocycles. The van der Waals surface area contributed by atoms with E-state index in [1.54, 1.807) is 13.2 Å². The summed E-state index contributed by atoms with van der Waals surface area (Å²) in [5.74, 6) is 2.84. The molecule has 3 atom stereocenters. The van der Waals surface area contributed by atoms with Gasteiger partial charge >= 0.3 is 0 Å². The number of rotatable bonds is 4. The molecule has 27 heavy (non-hydrogen) atoms. The summed E-state index contributed by atoms with van der Waals surface area (Å²) in [6.45, 7) is 2.93. The van der Waals surface area contributed by atoms with E-state index in [2.05, 4.69) is 34.0 Å². The minimum Gasteiger partial charge on any atom is -0.497 e. The van der Waals surface area contributed by atoms with E-state index in [1.165, 1.54) is 18.0 Å². The summed E-state index contributed by atoms with van der Waals surface area (Å²) in [7, 11) is 0.661. The Morgan fingerprint density at radius 2 is 1.81 bits per heavy atom. The fraction of sp³-hybridized carbons (Fsp3) is 0.450. The molecule has 0 radical (unpaired) electrons. The van der Waals surface area contributed by atoms with Crippen LogP contribution in [-0.4, -0.2) is 58.3 Å². The van der Waals surface area contributed by atoms with Gasteiger partial charge in [-0.15, -0.1) is 0 Å². The quantitative estimate of drug-likeness (QED) is 0.802. The Kier molecular flexibility index (Phi) is 4.60. The van der Waals surface area contributed by atoms with E-state index < -0.39 is 9.84 Å². The maximum absolute atomic E-state index is 11.6. The van der Waals surface area contributed by atoms with Gasteiger partial charge in [0.2, 0.25) is 0 Å². The van der Waals surface area contributed by atoms with E-state index in [-0.39, 0.29) is 4.90 Å². The van der Waals surface area contributed by atoms with Gasteiger partial charge in [-0.25, -0.2) is 13.4 Å². The maximum Gasteiger partial charge on any atom is 0.177 e. The van der Waals surface area contributed by atoms with Gasteiger partial charge in [0.25, 0.3) is 0 Å². The third-order valence-electron chi connectivity index (χ3n) is 5.82. The van der Waals surface area contributed by atoms with Crippen LogP contribution in [0.3, 0.4) is 0 Å². The molecule has 0 amide bonds. The van der Waals surface area contributed by atoms with Crippen LogP contribution in [0.2, 0.25) is 0 Å². The van der Waals surface area contributed by atoms with Crippen LogP contribution in [0.25, 0.3) is 0 Å². The average Bonchev–Trinajstić information content (AvgIpc) is 3.18. The van der Waals surface area contributed by atoms with Gasteiger partial charge in [0.15, 0.2) is 9.84 Å². The molecule has 0 unspecified atom stereocenters. The van der Waals surface area contributed by atoms with E-state index in [9.17, 15) is 8.42 Å². The number of likely N-dealkylation sites (tertiary alicyclic amines) is 1. The van der Waals surface area contributed by atoms with Crippen molar-refractivity contribution in [3.8, 4) is 5.75 Å². The third-order valence-corrected chi connectivity index (χ3v) is 6.92. The summed E-state index contributed by atoms with van der Waals surface area (Å²) in [6.07, 6.45) is 2.67. The first kappa shape index (κ1) is 18.3. The number of hydrogen-bond donors (Lipinski definition) is 0. The molecule has 4 rings (SSSR count). The highest BCUT2D eigenvalue weighted by Crippen LogP contribution is 2.45. The SMILES string of the molecule is COc1ccc([C@H]2[C@@H]3CN(c4ccc(S(C)(=O)=O)cn4)C[C@@H]3CN2C)cc1. The standard InChI is InChI=1S/C20H25N3O3S/c1-22-11-15-12-23(19-9-8-17(10-21-19)27(3,24)25)13-18(15)20(22)14-4-6-16(26-2)7-5-14/h4-10,15,18,20H,11-13H2,1-3H3/t15-,18+,20-/m0/s1. The van der Waals surface area contributed by atoms with Crippen molar-refractivity contribution in [1.82, 2.24) is 9.88 Å². The Balaban J connectivity index is 1.54. The largest absolute Gasteiger partial charge is 0.497 e. The lowest BCUT2D eigenvalue weighted by molar-refractivity contribution is 0.279. The third kappa shape index (κ3) is 3.41. The second kappa shape index (κ2) is 6.80. The first-order valence-electron chi connectivity index (χ1n) is 9.12. The Hall–Kier alpha value is -2.12. The van der Waals surface area contributed by atoms with Crippen molar-refractivity contribution in [1.29, 1.82) is 0 Å². The molecule has 3 heterocycles. The van der Waals surface area contributed by atoms with E-state index in [0.29, 0.717) is 17.9 Å². The van der Waals surface area contributed by atoms with Crippen molar-refractivity contribution in [2.45, 2.75) is 10.9 Å². The Morgan fingerprint density at radius 1 is 1.07 bits per heavy atom. The number of nitrogens with zero attached hydrogens (tertiary/aromatic N) is 3. The number of methoxy groups -OCH3 is 1. The molecule has 0 aliphatic carbocycles. The summed E-state index contributed by atoms with van der Waals surface area (Å²) < 4.78 is 28.6. The topological polar surface area (TPSA) is 62.7 Å². The maximum atomic E-state index is 11.6. The molecule has 6 nitrogen and oxygen atoms in total. The number of aromatic nitrogens is 1. The minimum absolute atomic E-state index is 0.265. The first-order valence-corrected chi connectivity index (χ1v) is 11.0. The lowest BCUT2D eigenvalue weighted by Crippen LogP contribution is -2.29. The Morgan fingerprint density at radius 3 is 2.41 bits per heavy atom. The predicted octanol–water partition coefficient (Wildman–Crippen LogP) is 2.23. The number of sulfone groups is 1. The van der Waals surface area contributed by atoms with Crippen LogP contribution >= 0.6 is 0 Å².